The van der Waals surface area contributed by atoms with Crippen molar-refractivity contribution in [3.05, 3.63) is 47.9 Å². The van der Waals surface area contributed by atoms with E-state index in [1.165, 1.54) is 6.26 Å². The van der Waals surface area contributed by atoms with Crippen LogP contribution in [0, 0.1) is 5.92 Å². The van der Waals surface area contributed by atoms with Crippen molar-refractivity contribution in [3.63, 3.8) is 0 Å². The Hall–Kier alpha value is -2.96. The summed E-state index contributed by atoms with van der Waals surface area (Å²) in [4.78, 5) is 28.8. The molecule has 0 radical (unpaired) electrons. The fourth-order valence-electron chi connectivity index (χ4n) is 3.08. The molecule has 0 unspecified atom stereocenters. The molecule has 1 aromatic heterocycles. The first kappa shape index (κ1) is 22.3. The van der Waals surface area contributed by atoms with Crippen molar-refractivity contribution in [1.82, 2.24) is 10.2 Å². The number of urea groups is 1. The normalized spacial score (nSPS) is 10.9. The average molecular weight is 401 g/mol. The van der Waals surface area contributed by atoms with Crippen molar-refractivity contribution in [2.45, 2.75) is 40.3 Å². The minimum atomic E-state index is -0.255. The van der Waals surface area contributed by atoms with Gasteiger partial charge in [-0.2, -0.15) is 0 Å². The fourth-order valence-corrected chi connectivity index (χ4v) is 3.08. The second kappa shape index (κ2) is 10.0. The van der Waals surface area contributed by atoms with E-state index in [2.05, 4.69) is 24.5 Å². The number of amides is 3. The van der Waals surface area contributed by atoms with E-state index >= 15 is 0 Å². The van der Waals surface area contributed by atoms with Crippen LogP contribution in [-0.2, 0) is 6.54 Å². The van der Waals surface area contributed by atoms with Gasteiger partial charge in [0.25, 0.3) is 5.91 Å². The molecule has 2 N–H and O–H groups in total. The highest BCUT2D eigenvalue weighted by Gasteiger charge is 2.21. The topological polar surface area (TPSA) is 77.8 Å². The summed E-state index contributed by atoms with van der Waals surface area (Å²) in [5, 5.41) is 5.67. The molecule has 0 aliphatic heterocycles. The largest absolute Gasteiger partial charge is 0.459 e. The van der Waals surface area contributed by atoms with Gasteiger partial charge in [0.2, 0.25) is 0 Å². The van der Waals surface area contributed by atoms with Gasteiger partial charge < -0.3 is 24.9 Å². The Morgan fingerprint density at radius 2 is 1.83 bits per heavy atom. The monoisotopic (exact) mass is 400 g/mol. The molecule has 0 saturated carbocycles. The zero-order valence-electron chi connectivity index (χ0n) is 18.2. The summed E-state index contributed by atoms with van der Waals surface area (Å²) in [6.07, 6.45) is 1.50. The van der Waals surface area contributed by atoms with Crippen LogP contribution in [0.1, 0.15) is 43.8 Å². The van der Waals surface area contributed by atoms with Crippen LogP contribution in [0.15, 0.2) is 41.0 Å². The van der Waals surface area contributed by atoms with Gasteiger partial charge in [0.15, 0.2) is 5.76 Å². The van der Waals surface area contributed by atoms with E-state index < -0.39 is 0 Å². The molecule has 1 heterocycles. The Balaban J connectivity index is 2.31. The first-order valence-electron chi connectivity index (χ1n) is 9.88. The van der Waals surface area contributed by atoms with E-state index in [0.717, 1.165) is 11.3 Å². The summed E-state index contributed by atoms with van der Waals surface area (Å²) in [5.41, 5.74) is 2.61. The first-order valence-corrected chi connectivity index (χ1v) is 9.88. The lowest BCUT2D eigenvalue weighted by Crippen LogP contribution is -2.35. The number of rotatable bonds is 8. The van der Waals surface area contributed by atoms with E-state index in [9.17, 15) is 9.59 Å². The van der Waals surface area contributed by atoms with Crippen molar-refractivity contribution in [3.8, 4) is 0 Å². The van der Waals surface area contributed by atoms with E-state index in [-0.39, 0.29) is 18.0 Å². The van der Waals surface area contributed by atoms with Gasteiger partial charge >= 0.3 is 6.03 Å². The number of hydrogen-bond donors (Lipinski definition) is 2. The third-order valence-electron chi connectivity index (χ3n) is 4.20. The molecule has 0 aliphatic carbocycles. The summed E-state index contributed by atoms with van der Waals surface area (Å²) in [5.74, 6) is 0.474. The van der Waals surface area contributed by atoms with Gasteiger partial charge in [0.05, 0.1) is 6.26 Å². The highest BCUT2D eigenvalue weighted by molar-refractivity contribution is 5.92. The molecule has 0 aliphatic rings. The highest BCUT2D eigenvalue weighted by Crippen LogP contribution is 2.25. The molecule has 2 aromatic rings. The van der Waals surface area contributed by atoms with Gasteiger partial charge in [-0.1, -0.05) is 13.8 Å². The minimum absolute atomic E-state index is 0.0444. The predicted octanol–water partition coefficient (Wildman–Crippen LogP) is 4.17. The van der Waals surface area contributed by atoms with Crippen LogP contribution >= 0.6 is 0 Å². The standard InChI is InChI=1S/C22H32N4O3/c1-15(2)13-26(21(27)20-8-7-11-29-20)14-17-12-18(9-10-19(17)25(5)6)24-22(28)23-16(3)4/h7-12,15-16H,13-14H2,1-6H3,(H2,23,24,28). The van der Waals surface area contributed by atoms with Gasteiger partial charge in [-0.05, 0) is 55.7 Å². The molecule has 7 heteroatoms. The van der Waals surface area contributed by atoms with Gasteiger partial charge in [-0.15, -0.1) is 0 Å². The maximum atomic E-state index is 12.9. The lowest BCUT2D eigenvalue weighted by molar-refractivity contribution is 0.0690. The lowest BCUT2D eigenvalue weighted by Gasteiger charge is -2.27. The molecular formula is C22H32N4O3. The summed E-state index contributed by atoms with van der Waals surface area (Å²) >= 11 is 0. The summed E-state index contributed by atoms with van der Waals surface area (Å²) in [7, 11) is 3.91. The Morgan fingerprint density at radius 3 is 2.38 bits per heavy atom. The van der Waals surface area contributed by atoms with E-state index in [1.54, 1.807) is 17.0 Å². The van der Waals surface area contributed by atoms with E-state index in [0.29, 0.717) is 30.5 Å². The first-order chi connectivity index (χ1) is 13.7. The Labute approximate surface area is 173 Å². The highest BCUT2D eigenvalue weighted by atomic mass is 16.3. The molecule has 0 atom stereocenters. The Morgan fingerprint density at radius 1 is 1.10 bits per heavy atom. The number of nitrogens with one attached hydrogen (secondary N) is 2. The number of benzene rings is 1. The smallest absolute Gasteiger partial charge is 0.319 e. The second-order valence-corrected chi connectivity index (χ2v) is 8.05. The summed E-state index contributed by atoms with van der Waals surface area (Å²) < 4.78 is 5.32. The van der Waals surface area contributed by atoms with Crippen molar-refractivity contribution < 1.29 is 14.0 Å². The van der Waals surface area contributed by atoms with Gasteiger partial charge in [0, 0.05) is 44.6 Å². The Kier molecular flexibility index (Phi) is 7.70. The molecule has 1 aromatic carbocycles. The quantitative estimate of drug-likeness (QED) is 0.697. The molecule has 0 bridgehead atoms. The molecule has 2 rings (SSSR count). The molecule has 7 nitrogen and oxygen atoms in total. The van der Waals surface area contributed by atoms with Gasteiger partial charge in [-0.25, -0.2) is 4.79 Å². The average Bonchev–Trinajstić information content (AvgIpc) is 3.13. The van der Waals surface area contributed by atoms with Crippen LogP contribution in [0.5, 0.6) is 0 Å². The van der Waals surface area contributed by atoms with Crippen LogP contribution in [0.3, 0.4) is 0 Å². The van der Waals surface area contributed by atoms with Crippen LogP contribution in [0.2, 0.25) is 0 Å². The van der Waals surface area contributed by atoms with Crippen LogP contribution in [0.4, 0.5) is 16.2 Å². The van der Waals surface area contributed by atoms with Crippen molar-refractivity contribution in [2.75, 3.05) is 30.9 Å². The molecular weight excluding hydrogens is 368 g/mol. The van der Waals surface area contributed by atoms with Gasteiger partial charge in [0.1, 0.15) is 0 Å². The molecule has 3 amide bonds. The maximum absolute atomic E-state index is 12.9. The van der Waals surface area contributed by atoms with Crippen molar-refractivity contribution in [1.29, 1.82) is 0 Å². The lowest BCUT2D eigenvalue weighted by atomic mass is 10.1. The maximum Gasteiger partial charge on any atom is 0.319 e. The minimum Gasteiger partial charge on any atom is -0.459 e. The number of carbonyl (C=O) groups is 2. The van der Waals surface area contributed by atoms with Gasteiger partial charge in [-0.3, -0.25) is 4.79 Å². The molecule has 0 fully saturated rings. The number of carbonyl (C=O) groups excluding carboxylic acids is 2. The van der Waals surface area contributed by atoms with Crippen LogP contribution < -0.4 is 15.5 Å². The number of furan rings is 1. The number of hydrogen-bond acceptors (Lipinski definition) is 4. The predicted molar refractivity (Wildman–Crippen MR) is 116 cm³/mol. The Bertz CT molecular complexity index is 813. The van der Waals surface area contributed by atoms with E-state index in [1.807, 2.05) is 51.0 Å². The second-order valence-electron chi connectivity index (χ2n) is 8.05. The van der Waals surface area contributed by atoms with E-state index in [4.69, 9.17) is 4.42 Å². The van der Waals surface area contributed by atoms with Crippen molar-refractivity contribution in [2.24, 2.45) is 5.92 Å². The molecule has 0 spiro atoms. The van der Waals surface area contributed by atoms with Crippen LogP contribution in [0.25, 0.3) is 0 Å². The van der Waals surface area contributed by atoms with Crippen LogP contribution in [-0.4, -0.2) is 43.5 Å². The molecule has 29 heavy (non-hydrogen) atoms. The fraction of sp³-hybridized carbons (Fsp3) is 0.455. The molecule has 158 valence electrons. The zero-order valence-corrected chi connectivity index (χ0v) is 18.2. The third-order valence-corrected chi connectivity index (χ3v) is 4.20. The third kappa shape index (κ3) is 6.55. The molecule has 0 saturated heterocycles. The number of nitrogens with zero attached hydrogens (tertiary/aromatic N) is 2. The number of anilines is 2. The summed E-state index contributed by atoms with van der Waals surface area (Å²) in [6.45, 7) is 8.96. The van der Waals surface area contributed by atoms with Crippen molar-refractivity contribution >= 4 is 23.3 Å². The SMILES string of the molecule is CC(C)CN(Cc1cc(NC(=O)NC(C)C)ccc1N(C)C)C(=O)c1ccco1. The zero-order chi connectivity index (χ0) is 21.6. The summed E-state index contributed by atoms with van der Waals surface area (Å²) in [6, 6.07) is 8.90.